The molecule has 0 aromatic carbocycles. The number of aliphatic carboxylic acids is 2. The summed E-state index contributed by atoms with van der Waals surface area (Å²) in [5.41, 5.74) is -2.10. The lowest BCUT2D eigenvalue weighted by atomic mass is 9.66. The largest absolute Gasteiger partial charge is 0.481 e. The van der Waals surface area contributed by atoms with Crippen LogP contribution >= 0.6 is 0 Å². The van der Waals surface area contributed by atoms with E-state index in [0.29, 0.717) is 13.0 Å². The Bertz CT molecular complexity index is 379. The zero-order valence-electron chi connectivity index (χ0n) is 11.1. The third-order valence-corrected chi connectivity index (χ3v) is 3.75. The van der Waals surface area contributed by atoms with Crippen molar-refractivity contribution in [2.24, 2.45) is 10.8 Å². The number of carboxylic acid groups (broad SMARTS) is 2. The van der Waals surface area contributed by atoms with Crippen molar-refractivity contribution in [2.75, 3.05) is 20.1 Å². The van der Waals surface area contributed by atoms with Gasteiger partial charge in [0.2, 0.25) is 0 Å². The van der Waals surface area contributed by atoms with Gasteiger partial charge in [-0.05, 0) is 33.4 Å². The van der Waals surface area contributed by atoms with Crippen LogP contribution in [0.15, 0.2) is 12.2 Å². The predicted molar refractivity (Wildman–Crippen MR) is 67.4 cm³/mol. The van der Waals surface area contributed by atoms with Crippen LogP contribution in [-0.4, -0.2) is 47.2 Å². The van der Waals surface area contributed by atoms with Crippen LogP contribution in [0, 0.1) is 10.8 Å². The lowest BCUT2D eigenvalue weighted by Gasteiger charge is -2.40. The van der Waals surface area contributed by atoms with Gasteiger partial charge in [0.15, 0.2) is 0 Å². The average molecular weight is 255 g/mol. The van der Waals surface area contributed by atoms with Gasteiger partial charge in [0.1, 0.15) is 0 Å². The summed E-state index contributed by atoms with van der Waals surface area (Å²) < 4.78 is 0. The van der Waals surface area contributed by atoms with E-state index in [9.17, 15) is 19.8 Å². The summed E-state index contributed by atoms with van der Waals surface area (Å²) in [5.74, 6) is -1.89. The molecule has 2 N–H and O–H groups in total. The van der Waals surface area contributed by atoms with Crippen LogP contribution in [0.25, 0.3) is 0 Å². The fourth-order valence-electron chi connectivity index (χ4n) is 2.51. The lowest BCUT2D eigenvalue weighted by molar-refractivity contribution is -0.156. The van der Waals surface area contributed by atoms with Gasteiger partial charge in [-0.2, -0.15) is 0 Å². The van der Waals surface area contributed by atoms with Gasteiger partial charge in [0.05, 0.1) is 10.8 Å². The number of carbonyl (C=O) groups is 2. The molecule has 0 heterocycles. The Morgan fingerprint density at radius 3 is 2.39 bits per heavy atom. The minimum atomic E-state index is -1.09. The predicted octanol–water partition coefficient (Wildman–Crippen LogP) is 1.45. The van der Waals surface area contributed by atoms with E-state index in [4.69, 9.17) is 0 Å². The van der Waals surface area contributed by atoms with Gasteiger partial charge in [-0.3, -0.25) is 9.59 Å². The maximum Gasteiger partial charge on any atom is 0.313 e. The van der Waals surface area contributed by atoms with Gasteiger partial charge < -0.3 is 15.1 Å². The Hall–Kier alpha value is -1.36. The Kier molecular flexibility index (Phi) is 4.16. The van der Waals surface area contributed by atoms with Gasteiger partial charge in [0, 0.05) is 6.54 Å². The highest BCUT2D eigenvalue weighted by Crippen LogP contribution is 2.43. The van der Waals surface area contributed by atoms with Gasteiger partial charge >= 0.3 is 11.9 Å². The first kappa shape index (κ1) is 14.7. The number of nitrogens with zero attached hydrogens (tertiary/aromatic N) is 1. The molecule has 0 spiro atoms. The van der Waals surface area contributed by atoms with Crippen molar-refractivity contribution in [3.8, 4) is 0 Å². The van der Waals surface area contributed by atoms with E-state index in [1.807, 2.05) is 18.9 Å². The number of allylic oxidation sites excluding steroid dienone is 1. The van der Waals surface area contributed by atoms with Gasteiger partial charge in [-0.15, -0.1) is 0 Å². The van der Waals surface area contributed by atoms with Crippen molar-refractivity contribution in [3.63, 3.8) is 0 Å². The molecule has 0 aromatic heterocycles. The zero-order valence-corrected chi connectivity index (χ0v) is 11.1. The fourth-order valence-corrected chi connectivity index (χ4v) is 2.51. The second kappa shape index (κ2) is 5.10. The smallest absolute Gasteiger partial charge is 0.313 e. The molecule has 5 heteroatoms. The molecule has 1 aliphatic rings. The number of hydrogen-bond donors (Lipinski definition) is 2. The summed E-state index contributed by atoms with van der Waals surface area (Å²) in [6, 6.07) is 0. The topological polar surface area (TPSA) is 77.8 Å². The molecular weight excluding hydrogens is 234 g/mol. The molecule has 0 amide bonds. The number of rotatable bonds is 5. The first-order chi connectivity index (χ1) is 8.26. The van der Waals surface area contributed by atoms with Gasteiger partial charge in [0.25, 0.3) is 0 Å². The van der Waals surface area contributed by atoms with Crippen molar-refractivity contribution in [2.45, 2.75) is 26.7 Å². The van der Waals surface area contributed by atoms with Crippen molar-refractivity contribution >= 4 is 11.9 Å². The summed E-state index contributed by atoms with van der Waals surface area (Å²) in [6.45, 7) is 4.63. The Balaban J connectivity index is 3.05. The monoisotopic (exact) mass is 255 g/mol. The minimum Gasteiger partial charge on any atom is -0.481 e. The van der Waals surface area contributed by atoms with Gasteiger partial charge in [-0.1, -0.05) is 19.1 Å². The normalized spacial score (nSPS) is 31.6. The van der Waals surface area contributed by atoms with Crippen molar-refractivity contribution in [3.05, 3.63) is 12.2 Å². The van der Waals surface area contributed by atoms with E-state index in [1.54, 1.807) is 19.1 Å². The van der Waals surface area contributed by atoms with Crippen molar-refractivity contribution in [1.82, 2.24) is 4.90 Å². The maximum atomic E-state index is 11.6. The molecule has 18 heavy (non-hydrogen) atoms. The van der Waals surface area contributed by atoms with E-state index in [0.717, 1.165) is 6.54 Å². The molecule has 0 saturated carbocycles. The summed E-state index contributed by atoms with van der Waals surface area (Å²) in [4.78, 5) is 24.8. The van der Waals surface area contributed by atoms with Crippen LogP contribution in [0.4, 0.5) is 0 Å². The molecule has 0 aliphatic heterocycles. The third kappa shape index (κ3) is 2.72. The fraction of sp³-hybridized carbons (Fsp3) is 0.692. The summed E-state index contributed by atoms with van der Waals surface area (Å²) in [5, 5.41) is 18.7. The summed E-state index contributed by atoms with van der Waals surface area (Å²) >= 11 is 0. The Morgan fingerprint density at radius 2 is 1.94 bits per heavy atom. The third-order valence-electron chi connectivity index (χ3n) is 3.75. The Labute approximate surface area is 107 Å². The van der Waals surface area contributed by atoms with Crippen LogP contribution in [0.3, 0.4) is 0 Å². The van der Waals surface area contributed by atoms with Crippen LogP contribution in [0.5, 0.6) is 0 Å². The van der Waals surface area contributed by atoms with Gasteiger partial charge in [-0.25, -0.2) is 0 Å². The minimum absolute atomic E-state index is 0.130. The molecule has 0 radical (unpaired) electrons. The van der Waals surface area contributed by atoms with E-state index >= 15 is 0 Å². The van der Waals surface area contributed by atoms with E-state index in [-0.39, 0.29) is 6.42 Å². The molecule has 2 atom stereocenters. The molecule has 5 nitrogen and oxygen atoms in total. The van der Waals surface area contributed by atoms with Crippen molar-refractivity contribution in [1.29, 1.82) is 0 Å². The highest BCUT2D eigenvalue weighted by Gasteiger charge is 2.48. The molecule has 0 bridgehead atoms. The molecule has 0 saturated heterocycles. The van der Waals surface area contributed by atoms with E-state index < -0.39 is 22.8 Å². The number of carboxylic acids is 2. The van der Waals surface area contributed by atoms with Crippen LogP contribution in [-0.2, 0) is 9.59 Å². The van der Waals surface area contributed by atoms with E-state index in [1.165, 1.54) is 0 Å². The first-order valence-corrected chi connectivity index (χ1v) is 6.09. The second-order valence-electron chi connectivity index (χ2n) is 5.42. The average Bonchev–Trinajstić information content (AvgIpc) is 2.28. The van der Waals surface area contributed by atoms with Crippen molar-refractivity contribution < 1.29 is 19.8 Å². The SMILES string of the molecule is CCN(C)CC1(C(=O)O)CC=CC(C)(C(=O)O)C1. The molecule has 1 aliphatic carbocycles. The van der Waals surface area contributed by atoms with Crippen LogP contribution in [0.1, 0.15) is 26.7 Å². The maximum absolute atomic E-state index is 11.6. The quantitative estimate of drug-likeness (QED) is 0.727. The van der Waals surface area contributed by atoms with Crippen LogP contribution < -0.4 is 0 Å². The summed E-state index contributed by atoms with van der Waals surface area (Å²) in [7, 11) is 1.85. The molecule has 0 aromatic rings. The second-order valence-corrected chi connectivity index (χ2v) is 5.42. The molecule has 102 valence electrons. The zero-order chi connectivity index (χ0) is 14.0. The highest BCUT2D eigenvalue weighted by molar-refractivity contribution is 5.81. The standard InChI is InChI=1S/C13H21NO4/c1-4-14(3)9-13(11(17)18)7-5-6-12(2,8-13)10(15)16/h5-6H,4,7-9H2,1-3H3,(H,15,16)(H,17,18). The van der Waals surface area contributed by atoms with Crippen LogP contribution in [0.2, 0.25) is 0 Å². The molecule has 2 unspecified atom stereocenters. The number of hydrogen-bond acceptors (Lipinski definition) is 3. The van der Waals surface area contributed by atoms with E-state index in [2.05, 4.69) is 0 Å². The Morgan fingerprint density at radius 1 is 1.33 bits per heavy atom. The first-order valence-electron chi connectivity index (χ1n) is 6.09. The summed E-state index contributed by atoms with van der Waals surface area (Å²) in [6.07, 6.45) is 3.82. The molecule has 1 rings (SSSR count). The molecule has 0 fully saturated rings. The highest BCUT2D eigenvalue weighted by atomic mass is 16.4. The molecular formula is C13H21NO4. The lowest BCUT2D eigenvalue weighted by Crippen LogP contribution is -2.48.